The summed E-state index contributed by atoms with van der Waals surface area (Å²) in [5.41, 5.74) is 0. The number of nitrogens with zero attached hydrogens (tertiary/aromatic N) is 1. The molecule has 0 amide bonds. The first-order valence-corrected chi connectivity index (χ1v) is 1.76. The van der Waals surface area contributed by atoms with Gasteiger partial charge in [-0.25, -0.2) is 0 Å². The van der Waals surface area contributed by atoms with E-state index in [1.807, 2.05) is 17.7 Å². The van der Waals surface area contributed by atoms with Crippen LogP contribution >= 0.6 is 0 Å². The van der Waals surface area contributed by atoms with E-state index in [2.05, 4.69) is 9.68 Å². The predicted molar refractivity (Wildman–Crippen MR) is 21.9 cm³/mol. The van der Waals surface area contributed by atoms with Crippen molar-refractivity contribution in [3.8, 4) is 0 Å². The van der Waals surface area contributed by atoms with Crippen molar-refractivity contribution in [2.45, 2.75) is 0 Å². The molecule has 0 aliphatic heterocycles. The first kappa shape index (κ1) is 3.98. The Bertz CT molecular complexity index is 114. The third-order valence-corrected chi connectivity index (χ3v) is 0.567. The number of rotatable bonds is 0. The molecule has 0 bridgehead atoms. The van der Waals surface area contributed by atoms with E-state index in [1.54, 1.807) is 12.3 Å². The predicted octanol–water partition coefficient (Wildman–Crippen LogP) is -0.532. The number of hydrogen-bond acceptors (Lipinski definition) is 2. The van der Waals surface area contributed by atoms with Gasteiger partial charge in [0.2, 0.25) is 0 Å². The molecule has 1 aromatic rings. The molecule has 3 heteroatoms. The van der Waals surface area contributed by atoms with Crippen molar-refractivity contribution in [1.82, 2.24) is 5.16 Å². The zero-order valence-electron chi connectivity index (χ0n) is 3.51. The van der Waals surface area contributed by atoms with Gasteiger partial charge in [0, 0.05) is 0 Å². The fraction of sp³-hybridized carbons (Fsp3) is 0. The minimum atomic E-state index is 0.926. The normalized spacial score (nSPS) is 9.00. The van der Waals surface area contributed by atoms with Gasteiger partial charge in [0.1, 0.15) is 0 Å². The molecule has 0 atom stereocenters. The maximum atomic E-state index is 4.46. The summed E-state index contributed by atoms with van der Waals surface area (Å²) >= 11 is 1.88. The van der Waals surface area contributed by atoms with Crippen LogP contribution in [0.4, 0.5) is 0 Å². The zero-order chi connectivity index (χ0) is 4.41. The second-order valence-electron chi connectivity index (χ2n) is 1.14. The molecule has 6 heavy (non-hydrogen) atoms. The number of aromatic nitrogens is 1. The second-order valence-corrected chi connectivity index (χ2v) is 1.14. The minimum absolute atomic E-state index is 0.926. The second kappa shape index (κ2) is 1.50. The molecular formula is C3H2LiNO. The maximum absolute atomic E-state index is 4.46. The average molecular weight is 75.0 g/mol. The van der Waals surface area contributed by atoms with Gasteiger partial charge in [0.05, 0.1) is 0 Å². The molecule has 0 fully saturated rings. The molecule has 1 heterocycles. The third kappa shape index (κ3) is 0.648. The van der Waals surface area contributed by atoms with Gasteiger partial charge in [-0.05, 0) is 0 Å². The summed E-state index contributed by atoms with van der Waals surface area (Å²) < 4.78 is 5.39. The van der Waals surface area contributed by atoms with E-state index in [-0.39, 0.29) is 0 Å². The van der Waals surface area contributed by atoms with E-state index < -0.39 is 0 Å². The molecule has 0 aliphatic carbocycles. The summed E-state index contributed by atoms with van der Waals surface area (Å²) in [6.07, 6.45) is 1.55. The Labute approximate surface area is 44.7 Å². The molecule has 1 rings (SSSR count). The Kier molecular flexibility index (Phi) is 0.997. The van der Waals surface area contributed by atoms with Gasteiger partial charge >= 0.3 is 44.1 Å². The molecule has 0 radical (unpaired) electrons. The first-order valence-electron chi connectivity index (χ1n) is 1.76. The molecule has 0 unspecified atom stereocenters. The van der Waals surface area contributed by atoms with Crippen molar-refractivity contribution in [2.24, 2.45) is 0 Å². The summed E-state index contributed by atoms with van der Waals surface area (Å²) in [7, 11) is 0. The van der Waals surface area contributed by atoms with Crippen molar-refractivity contribution in [3.05, 3.63) is 12.3 Å². The Morgan fingerprint density at radius 1 is 1.83 bits per heavy atom. The molecule has 0 aliphatic rings. The molecule has 0 aromatic carbocycles. The van der Waals surface area contributed by atoms with Crippen molar-refractivity contribution in [3.63, 3.8) is 0 Å². The Morgan fingerprint density at radius 2 is 2.67 bits per heavy atom. The van der Waals surface area contributed by atoms with Crippen molar-refractivity contribution in [1.29, 1.82) is 0 Å². The fourth-order valence-corrected chi connectivity index (χ4v) is 0.273. The number of hydrogen-bond donors (Lipinski definition) is 0. The van der Waals surface area contributed by atoms with Crippen molar-refractivity contribution in [2.75, 3.05) is 0 Å². The monoisotopic (exact) mass is 75.0 g/mol. The zero-order valence-corrected chi connectivity index (χ0v) is 3.51. The summed E-state index contributed by atoms with van der Waals surface area (Å²) in [5.74, 6) is 0. The van der Waals surface area contributed by atoms with E-state index >= 15 is 0 Å². The SMILES string of the molecule is [Li][c]1ccon1. The Morgan fingerprint density at radius 3 is 2.83 bits per heavy atom. The van der Waals surface area contributed by atoms with Gasteiger partial charge in [0.25, 0.3) is 0 Å². The van der Waals surface area contributed by atoms with Gasteiger partial charge < -0.3 is 0 Å². The van der Waals surface area contributed by atoms with Crippen LogP contribution in [0.25, 0.3) is 0 Å². The Balaban J connectivity index is 3.05. The van der Waals surface area contributed by atoms with E-state index in [9.17, 15) is 0 Å². The average Bonchev–Trinajstić information content (AvgIpc) is 1.86. The van der Waals surface area contributed by atoms with E-state index in [0.717, 1.165) is 4.37 Å². The van der Waals surface area contributed by atoms with Gasteiger partial charge in [-0.1, -0.05) is 0 Å². The fourth-order valence-electron chi connectivity index (χ4n) is 0.273. The van der Waals surface area contributed by atoms with Crippen molar-refractivity contribution < 1.29 is 4.52 Å². The van der Waals surface area contributed by atoms with Crippen LogP contribution in [0.5, 0.6) is 0 Å². The van der Waals surface area contributed by atoms with Crippen LogP contribution in [0, 0.1) is 0 Å². The van der Waals surface area contributed by atoms with Gasteiger partial charge in [-0.2, -0.15) is 0 Å². The van der Waals surface area contributed by atoms with Crippen molar-refractivity contribution >= 4 is 22.1 Å². The van der Waals surface area contributed by atoms with E-state index in [4.69, 9.17) is 0 Å². The van der Waals surface area contributed by atoms with Gasteiger partial charge in [-0.3, -0.25) is 0 Å². The van der Waals surface area contributed by atoms with Crippen LogP contribution in [0.15, 0.2) is 16.9 Å². The van der Waals surface area contributed by atoms with E-state index in [0.29, 0.717) is 0 Å². The molecule has 0 saturated carbocycles. The van der Waals surface area contributed by atoms with Crippen LogP contribution in [-0.4, -0.2) is 22.9 Å². The summed E-state index contributed by atoms with van der Waals surface area (Å²) in [4.78, 5) is 0. The summed E-state index contributed by atoms with van der Waals surface area (Å²) in [5, 5.41) is 3.54. The van der Waals surface area contributed by atoms with Crippen LogP contribution in [0.2, 0.25) is 0 Å². The summed E-state index contributed by atoms with van der Waals surface area (Å²) in [6, 6.07) is 1.81. The first-order chi connectivity index (χ1) is 2.89. The standard InChI is InChI=1S/C3H2NO.Li/c1-2-4-5-3-1;/h1,3H;. The van der Waals surface area contributed by atoms with Crippen LogP contribution in [0.3, 0.4) is 0 Å². The molecule has 0 N–H and O–H groups in total. The van der Waals surface area contributed by atoms with Gasteiger partial charge in [0.15, 0.2) is 0 Å². The van der Waals surface area contributed by atoms with Crippen LogP contribution in [0.1, 0.15) is 0 Å². The molecule has 0 saturated heterocycles. The Hall–Kier alpha value is -0.193. The van der Waals surface area contributed by atoms with E-state index in [1.165, 1.54) is 0 Å². The molecule has 0 spiro atoms. The summed E-state index contributed by atoms with van der Waals surface area (Å²) in [6.45, 7) is 0. The quantitative estimate of drug-likeness (QED) is 0.387. The molecular weight excluding hydrogens is 73.0 g/mol. The third-order valence-electron chi connectivity index (χ3n) is 0.567. The van der Waals surface area contributed by atoms with Crippen LogP contribution in [-0.2, 0) is 0 Å². The van der Waals surface area contributed by atoms with Crippen LogP contribution < -0.4 is 4.37 Å². The molecule has 2 nitrogen and oxygen atoms in total. The molecule has 26 valence electrons. The topological polar surface area (TPSA) is 26.0 Å². The molecule has 1 aromatic heterocycles. The van der Waals surface area contributed by atoms with Gasteiger partial charge in [-0.15, -0.1) is 0 Å².